The second-order valence-electron chi connectivity index (χ2n) is 7.48. The lowest BCUT2D eigenvalue weighted by Gasteiger charge is -2.13. The molecule has 0 atom stereocenters. The second kappa shape index (κ2) is 8.94. The molecular weight excluding hydrogens is 380 g/mol. The fraction of sp³-hybridized carbons (Fsp3) is 0.364. The zero-order valence-electron chi connectivity index (χ0n) is 17.3. The first-order valence-electron chi connectivity index (χ1n) is 10.2. The Morgan fingerprint density at radius 3 is 2.53 bits per heavy atom. The molecule has 2 fully saturated rings. The number of imidazole rings is 1. The Kier molecular flexibility index (Phi) is 5.92. The maximum absolute atomic E-state index is 11.7. The van der Waals surface area contributed by atoms with Crippen molar-refractivity contribution in [3.63, 3.8) is 0 Å². The molecule has 0 radical (unpaired) electrons. The molecule has 1 saturated heterocycles. The standard InChI is InChI=1S/C19H20N6O2.C3H6/c1-13-3-5-16(6-4-13)24-11-15(21-12-24)10-20-18-22-14(2)9-17(23-18)25-7-8-27-19(25)26;1-2-3-1/h3-6,9,11-12H,7-8,10H2,1-2H3,(H,20,22,23);1-3H2. The molecule has 1 aliphatic carbocycles. The summed E-state index contributed by atoms with van der Waals surface area (Å²) in [6, 6.07) is 10.0. The van der Waals surface area contributed by atoms with E-state index in [-0.39, 0.29) is 6.09 Å². The van der Waals surface area contributed by atoms with Crippen molar-refractivity contribution in [1.29, 1.82) is 0 Å². The van der Waals surface area contributed by atoms with Crippen LogP contribution in [0.5, 0.6) is 0 Å². The summed E-state index contributed by atoms with van der Waals surface area (Å²) in [5.74, 6) is 0.993. The maximum atomic E-state index is 11.7. The van der Waals surface area contributed by atoms with E-state index in [1.54, 1.807) is 12.4 Å². The van der Waals surface area contributed by atoms with Gasteiger partial charge in [0, 0.05) is 23.6 Å². The van der Waals surface area contributed by atoms with E-state index >= 15 is 0 Å². The number of carbonyl (C=O) groups is 1. The highest BCUT2D eigenvalue weighted by Gasteiger charge is 2.25. The lowest BCUT2D eigenvalue weighted by Crippen LogP contribution is -2.25. The zero-order valence-corrected chi connectivity index (χ0v) is 17.3. The molecule has 156 valence electrons. The number of hydrogen-bond acceptors (Lipinski definition) is 6. The van der Waals surface area contributed by atoms with Crippen LogP contribution in [0.2, 0.25) is 0 Å². The van der Waals surface area contributed by atoms with E-state index in [2.05, 4.69) is 51.5 Å². The van der Waals surface area contributed by atoms with Gasteiger partial charge in [0.05, 0.1) is 25.1 Å². The number of amides is 1. The summed E-state index contributed by atoms with van der Waals surface area (Å²) in [6.07, 6.45) is 7.87. The first-order chi connectivity index (χ1) is 14.6. The fourth-order valence-electron chi connectivity index (χ4n) is 2.85. The number of cyclic esters (lactones) is 1. The van der Waals surface area contributed by atoms with Crippen LogP contribution in [0, 0.1) is 13.8 Å². The number of aryl methyl sites for hydroxylation is 2. The van der Waals surface area contributed by atoms with Crippen LogP contribution in [0.3, 0.4) is 0 Å². The van der Waals surface area contributed by atoms with Crippen molar-refractivity contribution in [2.24, 2.45) is 0 Å². The van der Waals surface area contributed by atoms with E-state index in [1.165, 1.54) is 29.7 Å². The highest BCUT2D eigenvalue weighted by molar-refractivity contribution is 5.88. The number of rotatable bonds is 5. The van der Waals surface area contributed by atoms with Crippen molar-refractivity contribution in [3.8, 4) is 5.69 Å². The number of nitrogens with one attached hydrogen (secondary N) is 1. The molecule has 0 unspecified atom stereocenters. The minimum Gasteiger partial charge on any atom is -0.447 e. The minimum absolute atomic E-state index is 0.376. The third kappa shape index (κ3) is 5.14. The predicted octanol–water partition coefficient (Wildman–Crippen LogP) is 4.02. The fourth-order valence-corrected chi connectivity index (χ4v) is 2.85. The van der Waals surface area contributed by atoms with Gasteiger partial charge in [-0.25, -0.2) is 14.8 Å². The number of anilines is 2. The average Bonchev–Trinajstić information content (AvgIpc) is 3.44. The van der Waals surface area contributed by atoms with Crippen molar-refractivity contribution in [3.05, 3.63) is 59.8 Å². The molecule has 0 bridgehead atoms. The Balaban J connectivity index is 0.000000667. The normalized spacial score (nSPS) is 14.7. The number of benzene rings is 1. The molecule has 3 aromatic rings. The van der Waals surface area contributed by atoms with Crippen LogP contribution < -0.4 is 10.2 Å². The number of hydrogen-bond donors (Lipinski definition) is 1. The van der Waals surface area contributed by atoms with Gasteiger partial charge in [-0.15, -0.1) is 0 Å². The van der Waals surface area contributed by atoms with Crippen molar-refractivity contribution < 1.29 is 9.53 Å². The van der Waals surface area contributed by atoms with Crippen LogP contribution in [0.4, 0.5) is 16.6 Å². The van der Waals surface area contributed by atoms with Crippen LogP contribution in [0.1, 0.15) is 36.2 Å². The zero-order chi connectivity index (χ0) is 20.9. The second-order valence-corrected chi connectivity index (χ2v) is 7.48. The van der Waals surface area contributed by atoms with Crippen molar-refractivity contribution in [2.75, 3.05) is 23.4 Å². The first kappa shape index (κ1) is 19.9. The monoisotopic (exact) mass is 406 g/mol. The molecule has 2 aliphatic rings. The van der Waals surface area contributed by atoms with Crippen LogP contribution in [-0.2, 0) is 11.3 Å². The molecule has 2 aromatic heterocycles. The third-order valence-corrected chi connectivity index (χ3v) is 4.63. The minimum atomic E-state index is -0.379. The van der Waals surface area contributed by atoms with Crippen molar-refractivity contribution in [2.45, 2.75) is 39.7 Å². The highest BCUT2D eigenvalue weighted by Crippen LogP contribution is 2.19. The molecule has 5 rings (SSSR count). The highest BCUT2D eigenvalue weighted by atomic mass is 16.6. The summed E-state index contributed by atoms with van der Waals surface area (Å²) < 4.78 is 6.95. The van der Waals surface area contributed by atoms with Gasteiger partial charge in [-0.3, -0.25) is 4.90 Å². The van der Waals surface area contributed by atoms with Gasteiger partial charge >= 0.3 is 6.09 Å². The van der Waals surface area contributed by atoms with Gasteiger partial charge in [-0.2, -0.15) is 4.98 Å². The summed E-state index contributed by atoms with van der Waals surface area (Å²) in [5, 5.41) is 3.18. The molecule has 3 heterocycles. The molecule has 8 nitrogen and oxygen atoms in total. The summed E-state index contributed by atoms with van der Waals surface area (Å²) in [4.78, 5) is 26.5. The van der Waals surface area contributed by atoms with Crippen LogP contribution in [0.15, 0.2) is 42.9 Å². The van der Waals surface area contributed by atoms with Crippen molar-refractivity contribution >= 4 is 17.9 Å². The molecular formula is C22H26N6O2. The van der Waals surface area contributed by atoms with E-state index in [4.69, 9.17) is 4.74 Å². The SMILES string of the molecule is C1CC1.Cc1ccc(-n2cnc(CNc3nc(C)cc(N4CCOC4=O)n3)c2)cc1. The Morgan fingerprint density at radius 1 is 1.10 bits per heavy atom. The van der Waals surface area contributed by atoms with Gasteiger partial charge in [-0.05, 0) is 26.0 Å². The van der Waals surface area contributed by atoms with E-state index < -0.39 is 0 Å². The largest absolute Gasteiger partial charge is 0.447 e. The van der Waals surface area contributed by atoms with Crippen LogP contribution in [-0.4, -0.2) is 38.8 Å². The quantitative estimate of drug-likeness (QED) is 0.689. The van der Waals surface area contributed by atoms with Gasteiger partial charge in [0.25, 0.3) is 0 Å². The lowest BCUT2D eigenvalue weighted by atomic mass is 10.2. The molecule has 1 amide bonds. The Morgan fingerprint density at radius 2 is 1.87 bits per heavy atom. The van der Waals surface area contributed by atoms with E-state index in [0.29, 0.717) is 31.5 Å². The predicted molar refractivity (Wildman–Crippen MR) is 115 cm³/mol. The summed E-state index contributed by atoms with van der Waals surface area (Å²) >= 11 is 0. The van der Waals surface area contributed by atoms with Gasteiger partial charge in [0.1, 0.15) is 12.4 Å². The number of aromatic nitrogens is 4. The van der Waals surface area contributed by atoms with Crippen LogP contribution in [0.25, 0.3) is 5.69 Å². The Bertz CT molecular complexity index is 1010. The molecule has 0 spiro atoms. The summed E-state index contributed by atoms with van der Waals surface area (Å²) in [5.41, 5.74) is 3.91. The molecule has 1 aromatic carbocycles. The number of ether oxygens (including phenoxy) is 1. The van der Waals surface area contributed by atoms with Gasteiger partial charge in [-0.1, -0.05) is 37.0 Å². The number of nitrogens with zero attached hydrogens (tertiary/aromatic N) is 5. The molecule has 30 heavy (non-hydrogen) atoms. The Labute approximate surface area is 175 Å². The van der Waals surface area contributed by atoms with Crippen molar-refractivity contribution in [1.82, 2.24) is 19.5 Å². The average molecular weight is 406 g/mol. The maximum Gasteiger partial charge on any atom is 0.415 e. The summed E-state index contributed by atoms with van der Waals surface area (Å²) in [7, 11) is 0. The van der Waals surface area contributed by atoms with E-state index in [9.17, 15) is 4.79 Å². The van der Waals surface area contributed by atoms with Gasteiger partial charge in [0.15, 0.2) is 0 Å². The Hall–Kier alpha value is -3.42. The number of carbonyl (C=O) groups excluding carboxylic acids is 1. The summed E-state index contributed by atoms with van der Waals surface area (Å²) in [6.45, 7) is 5.28. The van der Waals surface area contributed by atoms with Gasteiger partial charge < -0.3 is 14.6 Å². The molecule has 1 saturated carbocycles. The topological polar surface area (TPSA) is 85.2 Å². The smallest absolute Gasteiger partial charge is 0.415 e. The van der Waals surface area contributed by atoms with Crippen LogP contribution >= 0.6 is 0 Å². The first-order valence-corrected chi connectivity index (χ1v) is 10.2. The molecule has 8 heteroatoms. The van der Waals surface area contributed by atoms with E-state index in [0.717, 1.165) is 17.1 Å². The molecule has 1 aliphatic heterocycles. The van der Waals surface area contributed by atoms with Gasteiger partial charge in [0.2, 0.25) is 5.95 Å². The lowest BCUT2D eigenvalue weighted by molar-refractivity contribution is 0.181. The third-order valence-electron chi connectivity index (χ3n) is 4.63. The molecule has 1 N–H and O–H groups in total. The van der Waals surface area contributed by atoms with E-state index in [1.807, 2.05) is 17.7 Å².